The molecular weight excluding hydrogens is 616 g/mol. The van der Waals surface area contributed by atoms with Gasteiger partial charge in [0.2, 0.25) is 0 Å². The summed E-state index contributed by atoms with van der Waals surface area (Å²) in [4.78, 5) is 30.4. The number of ether oxygens (including phenoxy) is 3. The minimum Gasteiger partial charge on any atom is -0.457 e. The molecule has 0 aromatic heterocycles. The van der Waals surface area contributed by atoms with Crippen LogP contribution in [0.5, 0.6) is 0 Å². The number of rotatable bonds is 10. The summed E-state index contributed by atoms with van der Waals surface area (Å²) in [5, 5.41) is 43.3. The van der Waals surface area contributed by atoms with E-state index < -0.39 is 47.7 Å². The largest absolute Gasteiger partial charge is 0.457 e. The Bertz CT molecular complexity index is 1180. The molecule has 48 heavy (non-hydrogen) atoms. The average molecular weight is 677 g/mol. The molecule has 0 radical (unpaired) electrons. The second-order valence-corrected chi connectivity index (χ2v) is 15.1. The summed E-state index contributed by atoms with van der Waals surface area (Å²) in [6.45, 7) is 13.8. The van der Waals surface area contributed by atoms with Crippen LogP contribution in [0, 0.1) is 11.8 Å². The number of aliphatic hydroxyl groups is 4. The van der Waals surface area contributed by atoms with E-state index in [4.69, 9.17) is 14.2 Å². The van der Waals surface area contributed by atoms with Crippen LogP contribution in [-0.2, 0) is 19.0 Å². The lowest BCUT2D eigenvalue weighted by Crippen LogP contribution is -2.46. The van der Waals surface area contributed by atoms with Crippen molar-refractivity contribution < 1.29 is 44.2 Å². The Hall–Kier alpha value is -2.28. The highest BCUT2D eigenvalue weighted by Gasteiger charge is 2.47. The lowest BCUT2D eigenvalue weighted by Gasteiger charge is -2.34. The molecule has 3 fully saturated rings. The van der Waals surface area contributed by atoms with Gasteiger partial charge in [0.15, 0.2) is 6.10 Å². The van der Waals surface area contributed by atoms with Gasteiger partial charge in [-0.1, -0.05) is 45.1 Å². The molecule has 4 N–H and O–H groups in total. The number of amides is 1. The van der Waals surface area contributed by atoms with Crippen molar-refractivity contribution in [3.05, 3.63) is 36.0 Å². The van der Waals surface area contributed by atoms with E-state index in [1.54, 1.807) is 49.1 Å². The topological polar surface area (TPSA) is 153 Å². The smallest absolute Gasteiger partial charge is 0.410 e. The number of nitrogens with zero attached hydrogens (tertiary/aromatic N) is 2. The fourth-order valence-corrected chi connectivity index (χ4v) is 6.91. The van der Waals surface area contributed by atoms with Crippen molar-refractivity contribution >= 4 is 12.1 Å². The summed E-state index contributed by atoms with van der Waals surface area (Å²) in [6, 6.07) is 0.632. The molecule has 4 rings (SSSR count). The van der Waals surface area contributed by atoms with Crippen molar-refractivity contribution in [2.24, 2.45) is 11.8 Å². The molecule has 1 aliphatic carbocycles. The quantitative estimate of drug-likeness (QED) is 0.116. The molecule has 0 bridgehead atoms. The van der Waals surface area contributed by atoms with Gasteiger partial charge in [0.1, 0.15) is 11.7 Å². The first-order valence-electron chi connectivity index (χ1n) is 18.0. The molecule has 4 aliphatic rings. The van der Waals surface area contributed by atoms with Gasteiger partial charge in [0, 0.05) is 50.5 Å². The van der Waals surface area contributed by atoms with Crippen LogP contribution in [0.15, 0.2) is 36.0 Å². The molecule has 2 saturated heterocycles. The third kappa shape index (κ3) is 11.1. The van der Waals surface area contributed by atoms with Crippen LogP contribution in [0.3, 0.4) is 0 Å². The standard InChI is InChI=1S/C37H60N2O9/c1-7-29(41)26(4)34-30(46-34)23-36(5,44)16-8-10-24(2)33-25(3)11-14-31(37(6,45)17-15-28(40)22-32(42)48-33)47-35(43)39-19-9-18-38(20-21-39)27-12-13-27/h8,10-11,14,16,25-31,33-34,40-41,44-45H,7,9,12-13,15,17-23H2,1-6H3. The van der Waals surface area contributed by atoms with Crippen molar-refractivity contribution in [3.8, 4) is 0 Å². The Kier molecular flexibility index (Phi) is 13.3. The van der Waals surface area contributed by atoms with Gasteiger partial charge in [-0.15, -0.1) is 0 Å². The van der Waals surface area contributed by atoms with E-state index in [-0.39, 0.29) is 43.3 Å². The number of epoxide rings is 1. The predicted octanol–water partition coefficient (Wildman–Crippen LogP) is 3.88. The zero-order valence-corrected chi connectivity index (χ0v) is 29.8. The summed E-state index contributed by atoms with van der Waals surface area (Å²) in [5.41, 5.74) is -1.92. The lowest BCUT2D eigenvalue weighted by molar-refractivity contribution is -0.151. The van der Waals surface area contributed by atoms with E-state index in [1.807, 2.05) is 27.7 Å². The number of allylic oxidation sites excluding steroid dienone is 2. The minimum atomic E-state index is -1.48. The minimum absolute atomic E-state index is 0.00944. The van der Waals surface area contributed by atoms with E-state index >= 15 is 0 Å². The molecule has 0 aromatic rings. The molecule has 10 unspecified atom stereocenters. The van der Waals surface area contributed by atoms with Gasteiger partial charge in [0.25, 0.3) is 0 Å². The van der Waals surface area contributed by atoms with Crippen LogP contribution < -0.4 is 0 Å². The first-order chi connectivity index (χ1) is 22.6. The molecule has 3 heterocycles. The molecule has 11 nitrogen and oxygen atoms in total. The summed E-state index contributed by atoms with van der Waals surface area (Å²) in [6.07, 6.45) is 9.14. The van der Waals surface area contributed by atoms with E-state index in [0.717, 1.165) is 19.5 Å². The van der Waals surface area contributed by atoms with E-state index in [0.29, 0.717) is 37.5 Å². The second kappa shape index (κ2) is 16.6. The zero-order valence-electron chi connectivity index (χ0n) is 29.8. The van der Waals surface area contributed by atoms with Crippen molar-refractivity contribution in [3.63, 3.8) is 0 Å². The molecule has 1 saturated carbocycles. The molecule has 10 atom stereocenters. The Morgan fingerprint density at radius 1 is 1.21 bits per heavy atom. The van der Waals surface area contributed by atoms with Crippen molar-refractivity contribution in [2.45, 2.75) is 147 Å². The third-order valence-electron chi connectivity index (χ3n) is 10.4. The molecule has 0 aromatic carbocycles. The van der Waals surface area contributed by atoms with Crippen LogP contribution >= 0.6 is 0 Å². The van der Waals surface area contributed by atoms with E-state index in [2.05, 4.69) is 4.90 Å². The Morgan fingerprint density at radius 2 is 1.94 bits per heavy atom. The highest BCUT2D eigenvalue weighted by atomic mass is 16.6. The maximum absolute atomic E-state index is 13.4. The number of aliphatic hydroxyl groups excluding tert-OH is 2. The van der Waals surface area contributed by atoms with Crippen LogP contribution in [0.2, 0.25) is 0 Å². The van der Waals surface area contributed by atoms with Crippen molar-refractivity contribution in [1.82, 2.24) is 9.80 Å². The summed E-state index contributed by atoms with van der Waals surface area (Å²) in [7, 11) is 0. The van der Waals surface area contributed by atoms with Crippen LogP contribution in [0.4, 0.5) is 4.79 Å². The van der Waals surface area contributed by atoms with Crippen molar-refractivity contribution in [2.75, 3.05) is 26.2 Å². The van der Waals surface area contributed by atoms with Gasteiger partial charge in [-0.25, -0.2) is 4.79 Å². The number of carbonyl (C=O) groups is 2. The molecule has 0 spiro atoms. The van der Waals surface area contributed by atoms with Gasteiger partial charge in [-0.3, -0.25) is 9.69 Å². The van der Waals surface area contributed by atoms with Crippen LogP contribution in [0.1, 0.15) is 92.9 Å². The number of esters is 1. The van der Waals surface area contributed by atoms with Gasteiger partial charge in [-0.05, 0) is 70.9 Å². The summed E-state index contributed by atoms with van der Waals surface area (Å²) in [5.74, 6) is -0.934. The summed E-state index contributed by atoms with van der Waals surface area (Å²) >= 11 is 0. The van der Waals surface area contributed by atoms with E-state index in [9.17, 15) is 30.0 Å². The highest BCUT2D eigenvalue weighted by Crippen LogP contribution is 2.37. The third-order valence-corrected chi connectivity index (χ3v) is 10.4. The first kappa shape index (κ1) is 38.5. The number of carbonyl (C=O) groups excluding carboxylic acids is 2. The van der Waals surface area contributed by atoms with E-state index in [1.165, 1.54) is 12.8 Å². The number of cyclic esters (lactones) is 1. The molecule has 11 heteroatoms. The fourth-order valence-electron chi connectivity index (χ4n) is 6.91. The first-order valence-corrected chi connectivity index (χ1v) is 18.0. The van der Waals surface area contributed by atoms with Crippen LogP contribution in [0.25, 0.3) is 0 Å². The van der Waals surface area contributed by atoms with Crippen molar-refractivity contribution in [1.29, 1.82) is 0 Å². The molecule has 272 valence electrons. The monoisotopic (exact) mass is 676 g/mol. The Morgan fingerprint density at radius 3 is 2.62 bits per heavy atom. The SMILES string of the molecule is CCC(O)C(C)C1OC1CC(C)(O)C=CC=C(C)C1OC(=O)CC(O)CCC(C)(O)C(OC(=O)N2CCCN(C3CC3)CC2)C=CC1C. The Labute approximate surface area is 286 Å². The number of hydrogen-bond acceptors (Lipinski definition) is 10. The maximum atomic E-state index is 13.4. The fraction of sp³-hybridized carbons (Fsp3) is 0.784. The average Bonchev–Trinajstić information content (AvgIpc) is 3.94. The molecule has 3 aliphatic heterocycles. The lowest BCUT2D eigenvalue weighted by atomic mass is 9.88. The highest BCUT2D eigenvalue weighted by molar-refractivity contribution is 5.70. The van der Waals surface area contributed by atoms with Gasteiger partial charge < -0.3 is 39.5 Å². The van der Waals surface area contributed by atoms with Gasteiger partial charge in [0.05, 0.1) is 36.4 Å². The maximum Gasteiger partial charge on any atom is 0.410 e. The van der Waals surface area contributed by atoms with Gasteiger partial charge >= 0.3 is 12.1 Å². The Balaban J connectivity index is 1.45. The van der Waals surface area contributed by atoms with Crippen LogP contribution in [-0.4, -0.2) is 122 Å². The summed E-state index contributed by atoms with van der Waals surface area (Å²) < 4.78 is 17.6. The number of hydrogen-bond donors (Lipinski definition) is 4. The zero-order chi connectivity index (χ0) is 35.2. The normalized spacial score (nSPS) is 35.5. The van der Waals surface area contributed by atoms with Gasteiger partial charge in [-0.2, -0.15) is 0 Å². The molecular formula is C37H60N2O9. The second-order valence-electron chi connectivity index (χ2n) is 15.1. The molecule has 1 amide bonds. The predicted molar refractivity (Wildman–Crippen MR) is 182 cm³/mol.